The summed E-state index contributed by atoms with van der Waals surface area (Å²) in [5, 5.41) is 11.0. The van der Waals surface area contributed by atoms with Crippen molar-refractivity contribution in [3.8, 4) is 0 Å². The number of phosphoric acid groups is 1. The summed E-state index contributed by atoms with van der Waals surface area (Å²) in [7, 11) is -3.03. The number of anilines is 1. The molecule has 0 radical (unpaired) electrons. The summed E-state index contributed by atoms with van der Waals surface area (Å²) in [6, 6.07) is 0. The van der Waals surface area contributed by atoms with E-state index in [2.05, 4.69) is 15.0 Å². The number of aliphatic hydroxyl groups excluding tert-OH is 1. The van der Waals surface area contributed by atoms with Gasteiger partial charge < -0.3 is 29.8 Å². The van der Waals surface area contributed by atoms with E-state index in [0.717, 1.165) is 0 Å². The van der Waals surface area contributed by atoms with Crippen molar-refractivity contribution >= 4 is 24.9 Å². The van der Waals surface area contributed by atoms with Crippen molar-refractivity contribution in [3.63, 3.8) is 0 Å². The van der Waals surface area contributed by atoms with Gasteiger partial charge in [-0.15, -0.1) is 0 Å². The highest BCUT2D eigenvalue weighted by molar-refractivity contribution is 7.47. The van der Waals surface area contributed by atoms with Gasteiger partial charge in [0.05, 0.1) is 30.7 Å². The molecule has 0 amide bonds. The van der Waals surface area contributed by atoms with E-state index in [1.165, 1.54) is 18.0 Å². The molecule has 2 rings (SSSR count). The fourth-order valence-electron chi connectivity index (χ4n) is 3.06. The number of fused-ring (bicyclic) bond motifs is 1. The zero-order valence-electron chi connectivity index (χ0n) is 19.9. The Labute approximate surface area is 191 Å². The number of rotatable bonds is 10. The summed E-state index contributed by atoms with van der Waals surface area (Å²) in [6.07, 6.45) is -1.80. The summed E-state index contributed by atoms with van der Waals surface area (Å²) in [6.45, 7) is 9.73. The molecule has 0 aromatic carbocycles. The lowest BCUT2D eigenvalue weighted by molar-refractivity contribution is -0.171. The van der Waals surface area contributed by atoms with Gasteiger partial charge in [0.1, 0.15) is 18.3 Å². The largest absolute Gasteiger partial charge is 0.472 e. The van der Waals surface area contributed by atoms with Gasteiger partial charge in [0, 0.05) is 7.11 Å². The quantitative estimate of drug-likeness (QED) is 0.350. The fourth-order valence-corrected chi connectivity index (χ4v) is 4.14. The zero-order valence-corrected chi connectivity index (χ0v) is 20.8. The number of hydrogen-bond acceptors (Lipinski definition) is 10. The van der Waals surface area contributed by atoms with Crippen molar-refractivity contribution in [2.24, 2.45) is 0 Å². The highest BCUT2D eigenvalue weighted by Crippen LogP contribution is 2.47. The van der Waals surface area contributed by atoms with Gasteiger partial charge in [-0.25, -0.2) is 9.55 Å². The Balaban J connectivity index is 2.27. The number of aromatic amines is 1. The third-order valence-electron chi connectivity index (χ3n) is 4.21. The van der Waals surface area contributed by atoms with Crippen molar-refractivity contribution in [2.75, 3.05) is 19.5 Å². The molecule has 2 aromatic heterocycles. The fraction of sp³-hybridized carbons (Fsp3) is 0.737. The molecular weight excluding hydrogens is 457 g/mol. The number of imidazole rings is 1. The molecule has 188 valence electrons. The average Bonchev–Trinajstić information content (AvgIpc) is 3.01. The van der Waals surface area contributed by atoms with Crippen molar-refractivity contribution < 1.29 is 33.1 Å². The number of phosphoric ester groups is 1. The topological polar surface area (TPSA) is 184 Å². The van der Waals surface area contributed by atoms with Gasteiger partial charge in [-0.05, 0) is 41.5 Å². The average molecular weight is 491 g/mol. The van der Waals surface area contributed by atoms with Crippen LogP contribution in [0, 0.1) is 0 Å². The maximum absolute atomic E-state index is 12.3. The van der Waals surface area contributed by atoms with Crippen LogP contribution in [0.3, 0.4) is 0 Å². The molecule has 2 heterocycles. The van der Waals surface area contributed by atoms with Gasteiger partial charge in [-0.3, -0.25) is 18.8 Å². The van der Waals surface area contributed by atoms with Crippen LogP contribution in [-0.4, -0.2) is 72.7 Å². The number of H-pyrrole nitrogens is 1. The second-order valence-corrected chi connectivity index (χ2v) is 10.9. The number of hydrogen-bond donors (Lipinski definition) is 4. The number of ether oxygens (including phenoxy) is 2. The number of aromatic nitrogens is 4. The van der Waals surface area contributed by atoms with E-state index >= 15 is 0 Å². The maximum Gasteiger partial charge on any atom is 0.472 e. The third kappa shape index (κ3) is 8.14. The molecule has 0 saturated carbocycles. The predicted octanol–water partition coefficient (Wildman–Crippen LogP) is 1.19. The van der Waals surface area contributed by atoms with Crippen LogP contribution in [0.15, 0.2) is 11.1 Å². The highest BCUT2D eigenvalue weighted by Gasteiger charge is 2.37. The molecule has 0 spiro atoms. The molecule has 2 aromatic rings. The molecule has 0 aliphatic heterocycles. The van der Waals surface area contributed by atoms with Crippen LogP contribution in [0.25, 0.3) is 11.2 Å². The molecular formula is C19H34N5O8P. The summed E-state index contributed by atoms with van der Waals surface area (Å²) in [4.78, 5) is 32.5. The Bertz CT molecular complexity index is 1040. The summed E-state index contributed by atoms with van der Waals surface area (Å²) in [5.74, 6) is -0.0908. The lowest BCUT2D eigenvalue weighted by Gasteiger charge is -2.35. The van der Waals surface area contributed by atoms with Crippen molar-refractivity contribution in [1.29, 1.82) is 0 Å². The van der Waals surface area contributed by atoms with Crippen LogP contribution in [0.2, 0.25) is 0 Å². The summed E-state index contributed by atoms with van der Waals surface area (Å²) >= 11 is 0. The van der Waals surface area contributed by atoms with E-state index < -0.39 is 49.5 Å². The molecule has 13 nitrogen and oxygen atoms in total. The SMILES string of the molecule is COC(COP(=O)(O)OC(C)(C)C)C(OC(C)(C)C)C(O)Cn1cnc2c(=O)[nH]c(N)nc21. The third-order valence-corrected chi connectivity index (χ3v) is 5.46. The van der Waals surface area contributed by atoms with Gasteiger partial charge in [-0.2, -0.15) is 4.98 Å². The van der Waals surface area contributed by atoms with Crippen molar-refractivity contribution in [2.45, 2.75) is 77.6 Å². The normalized spacial score (nSPS) is 17.6. The van der Waals surface area contributed by atoms with E-state index in [0.29, 0.717) is 0 Å². The second-order valence-electron chi connectivity index (χ2n) is 9.52. The van der Waals surface area contributed by atoms with Crippen LogP contribution in [0.1, 0.15) is 41.5 Å². The summed E-state index contributed by atoms with van der Waals surface area (Å²) < 4.78 is 35.4. The molecule has 0 saturated heterocycles. The minimum atomic E-state index is -4.40. The molecule has 33 heavy (non-hydrogen) atoms. The molecule has 0 aliphatic carbocycles. The number of aliphatic hydroxyl groups is 1. The Kier molecular flexibility index (Phi) is 8.45. The van der Waals surface area contributed by atoms with Crippen LogP contribution < -0.4 is 11.3 Å². The van der Waals surface area contributed by atoms with Gasteiger partial charge in [0.2, 0.25) is 5.95 Å². The zero-order chi connectivity index (χ0) is 25.2. The minimum absolute atomic E-state index is 0.0665. The first-order chi connectivity index (χ1) is 15.0. The smallest absolute Gasteiger partial charge is 0.388 e. The lowest BCUT2D eigenvalue weighted by Crippen LogP contribution is -2.48. The van der Waals surface area contributed by atoms with Crippen LogP contribution in [0.4, 0.5) is 5.95 Å². The van der Waals surface area contributed by atoms with Crippen LogP contribution in [0.5, 0.6) is 0 Å². The van der Waals surface area contributed by atoms with Gasteiger partial charge in [0.25, 0.3) is 5.56 Å². The van der Waals surface area contributed by atoms with Crippen LogP contribution in [-0.2, 0) is 29.6 Å². The van der Waals surface area contributed by atoms with E-state index in [1.54, 1.807) is 41.5 Å². The van der Waals surface area contributed by atoms with E-state index in [1.807, 2.05) is 0 Å². The van der Waals surface area contributed by atoms with E-state index in [9.17, 15) is 19.4 Å². The van der Waals surface area contributed by atoms with Gasteiger partial charge >= 0.3 is 7.82 Å². The number of methoxy groups -OCH3 is 1. The monoisotopic (exact) mass is 491 g/mol. The Morgan fingerprint density at radius 2 is 1.88 bits per heavy atom. The molecule has 0 bridgehead atoms. The molecule has 4 unspecified atom stereocenters. The Morgan fingerprint density at radius 3 is 2.42 bits per heavy atom. The number of nitrogens with two attached hydrogens (primary N) is 1. The van der Waals surface area contributed by atoms with Crippen molar-refractivity contribution in [3.05, 3.63) is 16.7 Å². The highest BCUT2D eigenvalue weighted by atomic mass is 31.2. The molecule has 0 aliphatic rings. The first-order valence-corrected chi connectivity index (χ1v) is 11.8. The number of nitrogen functional groups attached to an aromatic ring is 1. The first kappa shape index (κ1) is 27.4. The van der Waals surface area contributed by atoms with Crippen LogP contribution >= 0.6 is 7.82 Å². The predicted molar refractivity (Wildman–Crippen MR) is 121 cm³/mol. The minimum Gasteiger partial charge on any atom is -0.388 e. The molecule has 4 atom stereocenters. The first-order valence-electron chi connectivity index (χ1n) is 10.3. The molecule has 14 heteroatoms. The maximum atomic E-state index is 12.3. The number of nitrogens with zero attached hydrogens (tertiary/aromatic N) is 3. The van der Waals surface area contributed by atoms with E-state index in [4.69, 9.17) is 24.3 Å². The van der Waals surface area contributed by atoms with E-state index in [-0.39, 0.29) is 23.7 Å². The molecule has 0 fully saturated rings. The van der Waals surface area contributed by atoms with Gasteiger partial charge in [0.15, 0.2) is 11.2 Å². The standard InChI is InChI=1S/C19H34N5O8P/c1-18(2,3)31-14(12(29-7)9-30-33(27,28)32-19(4,5)6)11(25)8-24-10-21-13-15(24)22-17(20)23-16(13)26/h10-12,14,25H,8-9H2,1-7H3,(H,27,28)(H3,20,22,23,26). The number of nitrogens with one attached hydrogen (secondary N) is 1. The Hall–Kier alpha value is -1.86. The summed E-state index contributed by atoms with van der Waals surface area (Å²) in [5.41, 5.74) is 3.76. The lowest BCUT2D eigenvalue weighted by atomic mass is 10.1. The van der Waals surface area contributed by atoms with Gasteiger partial charge in [-0.1, -0.05) is 0 Å². The second kappa shape index (κ2) is 10.2. The van der Waals surface area contributed by atoms with Crippen molar-refractivity contribution in [1.82, 2.24) is 19.5 Å². The molecule has 5 N–H and O–H groups in total. The Morgan fingerprint density at radius 1 is 1.24 bits per heavy atom.